The van der Waals surface area contributed by atoms with Gasteiger partial charge in [-0.05, 0) is 37.7 Å². The van der Waals surface area contributed by atoms with Crippen LogP contribution in [0.5, 0.6) is 0 Å². The van der Waals surface area contributed by atoms with Gasteiger partial charge >= 0.3 is 0 Å². The van der Waals surface area contributed by atoms with Gasteiger partial charge < -0.3 is 5.32 Å². The summed E-state index contributed by atoms with van der Waals surface area (Å²) in [6.45, 7) is 2.61. The lowest BCUT2D eigenvalue weighted by Crippen LogP contribution is -2.13. The number of fused-ring (bicyclic) bond motifs is 2. The van der Waals surface area contributed by atoms with Crippen molar-refractivity contribution in [2.24, 2.45) is 0 Å². The van der Waals surface area contributed by atoms with Gasteiger partial charge in [0.15, 0.2) is 17.5 Å². The lowest BCUT2D eigenvalue weighted by molar-refractivity contribution is 0.504. The number of aromatic nitrogens is 1. The fourth-order valence-corrected chi connectivity index (χ4v) is 2.94. The van der Waals surface area contributed by atoms with Gasteiger partial charge in [0.2, 0.25) is 0 Å². The molecule has 0 bridgehead atoms. The minimum Gasteiger partial charge on any atom is -0.384 e. The number of hydrogen-bond donors (Lipinski definition) is 1. The highest BCUT2D eigenvalue weighted by atomic mass is 19.2. The molecule has 0 aliphatic heterocycles. The van der Waals surface area contributed by atoms with Crippen molar-refractivity contribution in [1.29, 1.82) is 0 Å². The molecular formula is C16H17F3N2. The quantitative estimate of drug-likeness (QED) is 0.851. The molecule has 3 rings (SSSR count). The van der Waals surface area contributed by atoms with Crippen LogP contribution in [0, 0.1) is 17.5 Å². The Morgan fingerprint density at radius 1 is 1.14 bits per heavy atom. The van der Waals surface area contributed by atoms with Crippen molar-refractivity contribution in [2.75, 3.05) is 11.9 Å². The first kappa shape index (κ1) is 14.2. The van der Waals surface area contributed by atoms with Gasteiger partial charge in [-0.2, -0.15) is 0 Å². The van der Waals surface area contributed by atoms with Crippen LogP contribution in [0.4, 0.5) is 18.9 Å². The van der Waals surface area contributed by atoms with E-state index < -0.39 is 17.5 Å². The predicted octanol–water partition coefficient (Wildman–Crippen LogP) is 4.35. The van der Waals surface area contributed by atoms with Crippen LogP contribution >= 0.6 is 0 Å². The second-order valence-electron chi connectivity index (χ2n) is 5.42. The Hall–Kier alpha value is -1.78. The monoisotopic (exact) mass is 294 g/mol. The van der Waals surface area contributed by atoms with Crippen LogP contribution in [-0.2, 0) is 12.8 Å². The van der Waals surface area contributed by atoms with Crippen molar-refractivity contribution in [2.45, 2.75) is 39.0 Å². The van der Waals surface area contributed by atoms with Crippen LogP contribution in [-0.4, -0.2) is 11.5 Å². The minimum atomic E-state index is -1.17. The van der Waals surface area contributed by atoms with Gasteiger partial charge in [-0.1, -0.05) is 6.92 Å². The SMILES string of the molecule is CCCNc1c2c(nc3c(F)cc(F)c(F)c13)CCCC2. The van der Waals surface area contributed by atoms with Gasteiger partial charge in [-0.25, -0.2) is 18.2 Å². The molecule has 0 amide bonds. The van der Waals surface area contributed by atoms with Crippen molar-refractivity contribution < 1.29 is 13.2 Å². The summed E-state index contributed by atoms with van der Waals surface area (Å²) < 4.78 is 41.8. The molecule has 0 saturated heterocycles. The number of nitrogens with zero attached hydrogens (tertiary/aromatic N) is 1. The van der Waals surface area contributed by atoms with Gasteiger partial charge in [0, 0.05) is 18.3 Å². The molecule has 2 aromatic rings. The molecule has 5 heteroatoms. The third-order valence-corrected chi connectivity index (χ3v) is 3.93. The molecule has 0 unspecified atom stereocenters. The van der Waals surface area contributed by atoms with E-state index in [-0.39, 0.29) is 10.9 Å². The third-order valence-electron chi connectivity index (χ3n) is 3.93. The van der Waals surface area contributed by atoms with E-state index in [9.17, 15) is 13.2 Å². The van der Waals surface area contributed by atoms with Gasteiger partial charge in [-0.15, -0.1) is 0 Å². The topological polar surface area (TPSA) is 24.9 Å². The average Bonchev–Trinajstić information content (AvgIpc) is 2.49. The van der Waals surface area contributed by atoms with E-state index in [0.29, 0.717) is 18.3 Å². The maximum absolute atomic E-state index is 14.2. The molecule has 0 atom stereocenters. The number of hydrogen-bond acceptors (Lipinski definition) is 2. The highest BCUT2D eigenvalue weighted by molar-refractivity contribution is 5.94. The third kappa shape index (κ3) is 2.34. The molecule has 0 saturated carbocycles. The molecule has 1 aromatic carbocycles. The standard InChI is InChI=1S/C16H17F3N2/c1-2-7-20-15-9-5-3-4-6-12(9)21-16-11(18)8-10(17)14(19)13(15)16/h8H,2-7H2,1H3,(H,20,21). The predicted molar refractivity (Wildman–Crippen MR) is 77.0 cm³/mol. The van der Waals surface area contributed by atoms with Crippen molar-refractivity contribution >= 4 is 16.6 Å². The summed E-state index contributed by atoms with van der Waals surface area (Å²) in [5.41, 5.74) is 2.16. The molecule has 0 radical (unpaired) electrons. The number of halogens is 3. The van der Waals surface area contributed by atoms with E-state index >= 15 is 0 Å². The molecule has 1 aliphatic carbocycles. The van der Waals surface area contributed by atoms with Gasteiger partial charge in [0.25, 0.3) is 0 Å². The number of nitrogens with one attached hydrogen (secondary N) is 1. The highest BCUT2D eigenvalue weighted by Crippen LogP contribution is 2.36. The summed E-state index contributed by atoms with van der Waals surface area (Å²) >= 11 is 0. The van der Waals surface area contributed by atoms with E-state index in [1.807, 2.05) is 6.92 Å². The largest absolute Gasteiger partial charge is 0.384 e. The molecule has 112 valence electrons. The molecule has 0 fully saturated rings. The van der Waals surface area contributed by atoms with E-state index in [2.05, 4.69) is 10.3 Å². The van der Waals surface area contributed by atoms with Crippen molar-refractivity contribution in [3.8, 4) is 0 Å². The van der Waals surface area contributed by atoms with E-state index in [0.717, 1.165) is 43.4 Å². The van der Waals surface area contributed by atoms with E-state index in [1.54, 1.807) is 0 Å². The molecule has 1 aliphatic rings. The molecule has 1 aromatic heterocycles. The smallest absolute Gasteiger partial charge is 0.170 e. The zero-order valence-electron chi connectivity index (χ0n) is 11.9. The van der Waals surface area contributed by atoms with E-state index in [4.69, 9.17) is 0 Å². The summed E-state index contributed by atoms with van der Waals surface area (Å²) in [5, 5.41) is 3.09. The second-order valence-corrected chi connectivity index (χ2v) is 5.42. The molecule has 2 nitrogen and oxygen atoms in total. The maximum Gasteiger partial charge on any atom is 0.170 e. The first-order valence-corrected chi connectivity index (χ1v) is 7.36. The maximum atomic E-state index is 14.2. The summed E-state index contributed by atoms with van der Waals surface area (Å²) in [7, 11) is 0. The Labute approximate surface area is 121 Å². The highest BCUT2D eigenvalue weighted by Gasteiger charge is 2.23. The van der Waals surface area contributed by atoms with E-state index in [1.165, 1.54) is 0 Å². The van der Waals surface area contributed by atoms with Gasteiger partial charge in [0.05, 0.1) is 11.1 Å². The van der Waals surface area contributed by atoms with Gasteiger partial charge in [0.1, 0.15) is 5.52 Å². The van der Waals surface area contributed by atoms with Crippen LogP contribution in [0.1, 0.15) is 37.4 Å². The summed E-state index contributed by atoms with van der Waals surface area (Å²) in [4.78, 5) is 4.26. The zero-order valence-corrected chi connectivity index (χ0v) is 11.9. The molecule has 1 heterocycles. The first-order valence-electron chi connectivity index (χ1n) is 7.36. The van der Waals surface area contributed by atoms with Crippen molar-refractivity contribution in [1.82, 2.24) is 4.98 Å². The first-order chi connectivity index (χ1) is 10.1. The van der Waals surface area contributed by atoms with Crippen LogP contribution in [0.25, 0.3) is 10.9 Å². The van der Waals surface area contributed by atoms with Crippen molar-refractivity contribution in [3.05, 3.63) is 34.8 Å². The number of rotatable bonds is 3. The fraction of sp³-hybridized carbons (Fsp3) is 0.438. The molecule has 1 N–H and O–H groups in total. The molecule has 21 heavy (non-hydrogen) atoms. The Kier molecular flexibility index (Phi) is 3.74. The second kappa shape index (κ2) is 5.54. The Balaban J connectivity index is 2.35. The lowest BCUT2D eigenvalue weighted by Gasteiger charge is -2.22. The summed E-state index contributed by atoms with van der Waals surface area (Å²) in [5.74, 6) is -3.00. The number of aryl methyl sites for hydroxylation is 1. The van der Waals surface area contributed by atoms with Gasteiger partial charge in [-0.3, -0.25) is 0 Å². The Bertz CT molecular complexity index is 698. The number of benzene rings is 1. The average molecular weight is 294 g/mol. The minimum absolute atomic E-state index is 0.0541. The summed E-state index contributed by atoms with van der Waals surface area (Å²) in [6, 6.07) is 0.573. The Morgan fingerprint density at radius 3 is 2.67 bits per heavy atom. The van der Waals surface area contributed by atoms with Crippen LogP contribution in [0.2, 0.25) is 0 Å². The van der Waals surface area contributed by atoms with Crippen LogP contribution < -0.4 is 5.32 Å². The van der Waals surface area contributed by atoms with Crippen LogP contribution in [0.3, 0.4) is 0 Å². The summed E-state index contributed by atoms with van der Waals surface area (Å²) in [6.07, 6.45) is 4.34. The fourth-order valence-electron chi connectivity index (χ4n) is 2.94. The number of anilines is 1. The molecule has 0 spiro atoms. The van der Waals surface area contributed by atoms with Crippen LogP contribution in [0.15, 0.2) is 6.07 Å². The number of pyridine rings is 1. The normalized spacial score (nSPS) is 14.3. The zero-order chi connectivity index (χ0) is 15.0. The Morgan fingerprint density at radius 2 is 1.90 bits per heavy atom. The van der Waals surface area contributed by atoms with Crippen molar-refractivity contribution in [3.63, 3.8) is 0 Å². The lowest BCUT2D eigenvalue weighted by atomic mass is 9.92. The molecular weight excluding hydrogens is 277 g/mol.